The third kappa shape index (κ3) is 37.0. The number of benzene rings is 8. The standard InChI is InChI=1S/C27H38N2O3.C27H34N2O3.2C22H30N2O3.C5H11N.C4H9N/c1-3-5-17-29(18-6-4-2)25-20-21(27(30)31)19-24(28-22-13-9-7-10-14-22)26(25)32-23-15-11-8-12-16-23;1-3-5-16-29(17-6-4-2)25-19-22(27(30)31)18-24(28-20-21-12-10-11-13-21)26(25)32-23-14-8-7-9-15-23;2*1-4-6-13-24(14-7-5-2)20-16-17(22(25)26)15-19(23-3)21(20)27-18-11-9-8-10-12-18;1-2-4-6-5-3-1;1-2-4-5-3-1/h8,11-12,15-16,19-20,22,28H,3-7,9-10,13-14,17-18H2,1-2H3,(H,30,31);7-12,14-15,18-19,28H,3-6,13,16-17,20H2,1-2H3,(H,30,31);2*8-12,15-16,23H,4-7,13-14H2,1-3H3,(H,25,26);6H,1-5H2;5H,1-4H2. The number of carboxylic acid groups (broad SMARTS) is 4. The van der Waals surface area contributed by atoms with Crippen LogP contribution >= 0.6 is 0 Å². The fourth-order valence-electron chi connectivity index (χ4n) is 15.3. The van der Waals surface area contributed by atoms with Crippen molar-refractivity contribution in [2.24, 2.45) is 0 Å². The van der Waals surface area contributed by atoms with E-state index in [4.69, 9.17) is 18.9 Å². The van der Waals surface area contributed by atoms with Gasteiger partial charge in [0.2, 0.25) is 0 Å². The number of aromatic carboxylic acids is 4. The lowest BCUT2D eigenvalue weighted by Gasteiger charge is -2.30. The minimum Gasteiger partial charge on any atom is -0.478 e. The number of nitrogens with one attached hydrogen (secondary N) is 6. The van der Waals surface area contributed by atoms with Gasteiger partial charge in [-0.3, -0.25) is 0 Å². The van der Waals surface area contributed by atoms with Crippen LogP contribution in [-0.2, 0) is 0 Å². The van der Waals surface area contributed by atoms with Gasteiger partial charge in [-0.2, -0.15) is 0 Å². The van der Waals surface area contributed by atoms with Crippen LogP contribution in [0.5, 0.6) is 46.0 Å². The number of para-hydroxylation sites is 4. The summed E-state index contributed by atoms with van der Waals surface area (Å²) in [5, 5.41) is 58.6. The van der Waals surface area contributed by atoms with E-state index in [0.29, 0.717) is 52.5 Å². The van der Waals surface area contributed by atoms with Gasteiger partial charge in [-0.05, 0) is 225 Å². The zero-order valence-corrected chi connectivity index (χ0v) is 79.1. The second kappa shape index (κ2) is 61.2. The summed E-state index contributed by atoms with van der Waals surface area (Å²) in [6, 6.07) is 52.7. The SMILES string of the molecule is C1CCNC1.C1CCNCC1.CCCCN(CCCC)c1cc(C(=O)O)cc(NC)c1Oc1ccccc1.CCCCN(CCCC)c1cc(C(=O)O)cc(NC)c1Oc1ccccc1.CCCCN(CCCC)c1cc(C(=O)O)cc(NC2CCCCC2)c1Oc1ccccc1.CCCCN(CCCC)c1cc(C(=O)O)cc(NCC2=CC=CC2)c1Oc1ccccc1. The summed E-state index contributed by atoms with van der Waals surface area (Å²) in [5.41, 5.74) is 8.52. The predicted molar refractivity (Wildman–Crippen MR) is 537 cm³/mol. The van der Waals surface area contributed by atoms with Gasteiger partial charge in [0.1, 0.15) is 23.0 Å². The molecule has 0 radical (unpaired) electrons. The molecule has 0 spiro atoms. The van der Waals surface area contributed by atoms with Gasteiger partial charge in [0, 0.05) is 79.0 Å². The topological polar surface area (TPSA) is 271 Å². The van der Waals surface area contributed by atoms with E-state index in [2.05, 4.69) is 125 Å². The Kier molecular flexibility index (Phi) is 49.7. The van der Waals surface area contributed by atoms with Crippen molar-refractivity contribution in [1.29, 1.82) is 0 Å². The summed E-state index contributed by atoms with van der Waals surface area (Å²) >= 11 is 0. The molecule has 0 amide bonds. The third-order valence-corrected chi connectivity index (χ3v) is 22.8. The smallest absolute Gasteiger partial charge is 0.335 e. The summed E-state index contributed by atoms with van der Waals surface area (Å²) in [7, 11) is 3.57. The van der Waals surface area contributed by atoms with Crippen LogP contribution < -0.4 is 70.4 Å². The molecule has 129 heavy (non-hydrogen) atoms. The average Bonchev–Trinajstić information content (AvgIpc) is 1.09. The molecule has 2 aliphatic carbocycles. The van der Waals surface area contributed by atoms with E-state index >= 15 is 0 Å². The Morgan fingerprint density at radius 2 is 0.612 bits per heavy atom. The first-order chi connectivity index (χ1) is 62.9. The van der Waals surface area contributed by atoms with Crippen LogP contribution in [0.2, 0.25) is 0 Å². The number of hydrogen-bond donors (Lipinski definition) is 10. The first-order valence-corrected chi connectivity index (χ1v) is 48.1. The molecule has 8 aromatic rings. The van der Waals surface area contributed by atoms with Crippen LogP contribution in [0, 0.1) is 0 Å². The molecule has 4 aliphatic rings. The van der Waals surface area contributed by atoms with Gasteiger partial charge in [0.05, 0.1) is 67.8 Å². The number of carbonyl (C=O) groups is 4. The van der Waals surface area contributed by atoms with Crippen LogP contribution in [0.3, 0.4) is 0 Å². The molecular weight excluding hydrogens is 1620 g/mol. The molecule has 702 valence electrons. The first-order valence-electron chi connectivity index (χ1n) is 48.1. The molecule has 0 atom stereocenters. The second-order valence-electron chi connectivity index (χ2n) is 33.2. The quantitative estimate of drug-likeness (QED) is 0.0170. The number of carboxylic acids is 4. The van der Waals surface area contributed by atoms with Gasteiger partial charge in [0.25, 0.3) is 0 Å². The maximum Gasteiger partial charge on any atom is 0.335 e. The minimum atomic E-state index is -0.940. The molecule has 12 rings (SSSR count). The number of piperidine rings is 1. The summed E-state index contributed by atoms with van der Waals surface area (Å²) in [6.45, 7) is 29.9. The Labute approximate surface area is 771 Å². The van der Waals surface area contributed by atoms with Crippen LogP contribution in [0.4, 0.5) is 45.5 Å². The molecule has 0 unspecified atom stereocenters. The summed E-state index contributed by atoms with van der Waals surface area (Å²) in [4.78, 5) is 56.4. The van der Waals surface area contributed by atoms with E-state index in [1.165, 1.54) is 83.1 Å². The average molecular weight is 1770 g/mol. The summed E-state index contributed by atoms with van der Waals surface area (Å²) in [5.74, 6) is 1.97. The van der Waals surface area contributed by atoms with E-state index in [0.717, 1.165) is 232 Å². The number of allylic oxidation sites excluding steroid dienone is 3. The van der Waals surface area contributed by atoms with Crippen molar-refractivity contribution in [3.05, 3.63) is 216 Å². The predicted octanol–water partition coefficient (Wildman–Crippen LogP) is 26.6. The van der Waals surface area contributed by atoms with Crippen molar-refractivity contribution in [2.75, 3.05) is 140 Å². The minimum absolute atomic E-state index is 0.257. The van der Waals surface area contributed by atoms with Crippen LogP contribution in [0.15, 0.2) is 194 Å². The number of ether oxygens (including phenoxy) is 4. The Hall–Kier alpha value is -11.4. The fraction of sp³-hybridized carbons (Fsp3) is 0.477. The zero-order valence-electron chi connectivity index (χ0n) is 79.1. The molecule has 10 N–H and O–H groups in total. The Balaban J connectivity index is 0.000000226. The van der Waals surface area contributed by atoms with E-state index in [1.54, 1.807) is 62.6 Å². The van der Waals surface area contributed by atoms with Gasteiger partial charge < -0.3 is 90.9 Å². The normalized spacial score (nSPS) is 13.1. The van der Waals surface area contributed by atoms with Gasteiger partial charge in [0.15, 0.2) is 23.0 Å². The van der Waals surface area contributed by atoms with Crippen molar-refractivity contribution >= 4 is 69.4 Å². The Morgan fingerprint density at radius 3 is 0.860 bits per heavy atom. The lowest BCUT2D eigenvalue weighted by Crippen LogP contribution is -2.27. The van der Waals surface area contributed by atoms with Crippen molar-refractivity contribution in [3.63, 3.8) is 0 Å². The van der Waals surface area contributed by atoms with Gasteiger partial charge >= 0.3 is 23.9 Å². The van der Waals surface area contributed by atoms with Crippen molar-refractivity contribution in [1.82, 2.24) is 10.6 Å². The maximum absolute atomic E-state index is 12.0. The molecule has 0 bridgehead atoms. The molecule has 2 heterocycles. The number of unbranched alkanes of at least 4 members (excludes halogenated alkanes) is 8. The molecular formula is C107H152N10O12. The Morgan fingerprint density at radius 1 is 0.349 bits per heavy atom. The monoisotopic (exact) mass is 1770 g/mol. The molecule has 2 aliphatic heterocycles. The number of rotatable bonds is 47. The molecule has 8 aromatic carbocycles. The number of nitrogens with zero attached hydrogens (tertiary/aromatic N) is 4. The van der Waals surface area contributed by atoms with E-state index in [-0.39, 0.29) is 16.7 Å². The lowest BCUT2D eigenvalue weighted by molar-refractivity contribution is 0.0686. The first kappa shape index (κ1) is 105. The van der Waals surface area contributed by atoms with E-state index in [9.17, 15) is 39.6 Å². The van der Waals surface area contributed by atoms with Crippen molar-refractivity contribution in [2.45, 2.75) is 235 Å². The molecule has 22 nitrogen and oxygen atoms in total. The number of anilines is 8. The van der Waals surface area contributed by atoms with Gasteiger partial charge in [-0.15, -0.1) is 0 Å². The summed E-state index contributed by atoms with van der Waals surface area (Å²) < 4.78 is 25.3. The Bertz CT molecular complexity index is 4400. The fourth-order valence-corrected chi connectivity index (χ4v) is 15.3. The van der Waals surface area contributed by atoms with Crippen molar-refractivity contribution in [3.8, 4) is 46.0 Å². The highest BCUT2D eigenvalue weighted by Gasteiger charge is 2.28. The van der Waals surface area contributed by atoms with Crippen LogP contribution in [-0.4, -0.2) is 150 Å². The van der Waals surface area contributed by atoms with Crippen LogP contribution in [0.25, 0.3) is 0 Å². The second-order valence-corrected chi connectivity index (χ2v) is 33.2. The van der Waals surface area contributed by atoms with E-state index < -0.39 is 23.9 Å². The largest absolute Gasteiger partial charge is 0.478 e. The van der Waals surface area contributed by atoms with E-state index in [1.807, 2.05) is 121 Å². The molecule has 1 saturated carbocycles. The highest BCUT2D eigenvalue weighted by Crippen LogP contribution is 2.46. The molecule has 0 aromatic heterocycles. The van der Waals surface area contributed by atoms with Gasteiger partial charge in [-0.25, -0.2) is 19.2 Å². The van der Waals surface area contributed by atoms with Crippen molar-refractivity contribution < 1.29 is 58.6 Å². The van der Waals surface area contributed by atoms with Gasteiger partial charge in [-0.1, -0.05) is 223 Å². The molecule has 2 saturated heterocycles. The number of hydrogen-bond acceptors (Lipinski definition) is 18. The third-order valence-electron chi connectivity index (χ3n) is 22.8. The molecule has 22 heteroatoms. The highest BCUT2D eigenvalue weighted by atomic mass is 16.5. The maximum atomic E-state index is 12.0. The highest BCUT2D eigenvalue weighted by molar-refractivity contribution is 5.96. The molecule has 3 fully saturated rings. The van der Waals surface area contributed by atoms with Crippen LogP contribution in [0.1, 0.15) is 270 Å². The lowest BCUT2D eigenvalue weighted by atomic mass is 9.95. The summed E-state index contributed by atoms with van der Waals surface area (Å²) in [6.07, 6.45) is 37.0. The zero-order chi connectivity index (χ0) is 92.6.